The molecule has 1 fully saturated rings. The zero-order valence-electron chi connectivity index (χ0n) is 11.5. The Morgan fingerprint density at radius 2 is 2.00 bits per heavy atom. The maximum absolute atomic E-state index is 5.75. The number of unbranched alkanes of at least 4 members (excludes halogenated alkanes) is 1. The Morgan fingerprint density at radius 1 is 1.35 bits per heavy atom. The van der Waals surface area contributed by atoms with Crippen LogP contribution in [0, 0.1) is 0 Å². The number of hydrazine groups is 1. The molecule has 1 aliphatic heterocycles. The zero-order valence-corrected chi connectivity index (χ0v) is 11.5. The topological polar surface area (TPSA) is 41.3 Å². The van der Waals surface area contributed by atoms with E-state index in [1.807, 2.05) is 6.08 Å². The smallest absolute Gasteiger partial charge is 0.0389 e. The number of piperidine rings is 1. The summed E-state index contributed by atoms with van der Waals surface area (Å²) in [6.07, 6.45) is 9.38. The number of allylic oxidation sites excluding steroid dienone is 1. The van der Waals surface area contributed by atoms with Gasteiger partial charge in [0.1, 0.15) is 0 Å². The Balaban J connectivity index is 2.53. The summed E-state index contributed by atoms with van der Waals surface area (Å²) in [4.78, 5) is 2.59. The van der Waals surface area contributed by atoms with Gasteiger partial charge in [0.15, 0.2) is 0 Å². The van der Waals surface area contributed by atoms with E-state index in [0.29, 0.717) is 6.04 Å². The van der Waals surface area contributed by atoms with Gasteiger partial charge in [-0.2, -0.15) is 0 Å². The summed E-state index contributed by atoms with van der Waals surface area (Å²) in [5, 5.41) is 0. The lowest BCUT2D eigenvalue weighted by Gasteiger charge is -2.45. The van der Waals surface area contributed by atoms with Gasteiger partial charge >= 0.3 is 0 Å². The Kier molecular flexibility index (Phi) is 6.17. The number of likely N-dealkylation sites (tertiary alicyclic amines) is 1. The molecule has 3 nitrogen and oxygen atoms in total. The number of rotatable bonds is 7. The third kappa shape index (κ3) is 4.09. The molecule has 1 heterocycles. The van der Waals surface area contributed by atoms with Gasteiger partial charge in [-0.15, -0.1) is 6.58 Å². The Bertz CT molecular complexity index is 220. The standard InChI is InChI=1S/C14H29N3/c1-4-5-7-10-13(16-15)14(2,3)17-11-8-6-9-12-17/h4,13,16H,1,5-12,15H2,2-3H3. The van der Waals surface area contributed by atoms with Crippen LogP contribution in [0.3, 0.4) is 0 Å². The lowest BCUT2D eigenvalue weighted by atomic mass is 9.87. The fraction of sp³-hybridized carbons (Fsp3) is 0.857. The molecular formula is C14H29N3. The van der Waals surface area contributed by atoms with Crippen molar-refractivity contribution < 1.29 is 0 Å². The van der Waals surface area contributed by atoms with Crippen LogP contribution in [0.5, 0.6) is 0 Å². The highest BCUT2D eigenvalue weighted by atomic mass is 15.3. The third-order valence-corrected chi connectivity index (χ3v) is 4.13. The van der Waals surface area contributed by atoms with Gasteiger partial charge in [0.25, 0.3) is 0 Å². The molecule has 0 bridgehead atoms. The molecule has 0 amide bonds. The molecule has 0 aromatic rings. The normalized spacial score (nSPS) is 20.2. The fourth-order valence-electron chi connectivity index (χ4n) is 2.80. The molecular weight excluding hydrogens is 210 g/mol. The van der Waals surface area contributed by atoms with Crippen molar-refractivity contribution in [2.75, 3.05) is 13.1 Å². The highest BCUT2D eigenvalue weighted by Gasteiger charge is 2.34. The van der Waals surface area contributed by atoms with Gasteiger partial charge < -0.3 is 0 Å². The molecule has 0 saturated carbocycles. The van der Waals surface area contributed by atoms with E-state index in [0.717, 1.165) is 19.3 Å². The molecule has 0 spiro atoms. The van der Waals surface area contributed by atoms with Crippen LogP contribution in [0.1, 0.15) is 52.4 Å². The van der Waals surface area contributed by atoms with Crippen LogP contribution >= 0.6 is 0 Å². The summed E-state index contributed by atoms with van der Waals surface area (Å²) in [5.41, 5.74) is 3.17. The highest BCUT2D eigenvalue weighted by molar-refractivity contribution is 4.93. The number of hydrogen-bond acceptors (Lipinski definition) is 3. The van der Waals surface area contributed by atoms with Crippen LogP contribution in [0.4, 0.5) is 0 Å². The lowest BCUT2D eigenvalue weighted by Crippen LogP contribution is -2.60. The lowest BCUT2D eigenvalue weighted by molar-refractivity contribution is 0.0576. The maximum Gasteiger partial charge on any atom is 0.0389 e. The van der Waals surface area contributed by atoms with Gasteiger partial charge in [0, 0.05) is 11.6 Å². The molecule has 3 N–H and O–H groups in total. The minimum atomic E-state index is 0.149. The molecule has 100 valence electrons. The van der Waals surface area contributed by atoms with Crippen LogP contribution in [0.15, 0.2) is 12.7 Å². The summed E-state index contributed by atoms with van der Waals surface area (Å²) in [7, 11) is 0. The molecule has 0 aromatic heterocycles. The minimum absolute atomic E-state index is 0.149. The first-order valence-electron chi connectivity index (χ1n) is 6.95. The number of nitrogens with one attached hydrogen (secondary N) is 1. The molecule has 1 atom stereocenters. The SMILES string of the molecule is C=CCCCC(NN)C(C)(C)N1CCCCC1. The second kappa shape index (κ2) is 7.14. The predicted molar refractivity (Wildman–Crippen MR) is 74.7 cm³/mol. The quantitative estimate of drug-likeness (QED) is 0.310. The summed E-state index contributed by atoms with van der Waals surface area (Å²) in [5.74, 6) is 5.75. The van der Waals surface area contributed by atoms with Gasteiger partial charge in [-0.1, -0.05) is 12.5 Å². The van der Waals surface area contributed by atoms with E-state index in [9.17, 15) is 0 Å². The van der Waals surface area contributed by atoms with Crippen molar-refractivity contribution in [2.24, 2.45) is 5.84 Å². The number of hydrogen-bond donors (Lipinski definition) is 2. The molecule has 0 aliphatic carbocycles. The average Bonchev–Trinajstić information content (AvgIpc) is 2.35. The minimum Gasteiger partial charge on any atom is -0.297 e. The van der Waals surface area contributed by atoms with Crippen LogP contribution in [-0.2, 0) is 0 Å². The Hall–Kier alpha value is -0.380. The van der Waals surface area contributed by atoms with Crippen LogP contribution in [0.25, 0.3) is 0 Å². The molecule has 0 aromatic carbocycles. The molecule has 1 unspecified atom stereocenters. The van der Waals surface area contributed by atoms with Crippen molar-refractivity contribution in [2.45, 2.75) is 64.0 Å². The van der Waals surface area contributed by atoms with Crippen molar-refractivity contribution in [3.63, 3.8) is 0 Å². The third-order valence-electron chi connectivity index (χ3n) is 4.13. The summed E-state index contributed by atoms with van der Waals surface area (Å²) >= 11 is 0. The van der Waals surface area contributed by atoms with Crippen molar-refractivity contribution in [3.8, 4) is 0 Å². The molecule has 0 radical (unpaired) electrons. The largest absolute Gasteiger partial charge is 0.297 e. The first-order chi connectivity index (χ1) is 8.12. The van der Waals surface area contributed by atoms with Gasteiger partial charge in [-0.3, -0.25) is 16.2 Å². The number of nitrogens with zero attached hydrogens (tertiary/aromatic N) is 1. The molecule has 3 heteroatoms. The van der Waals surface area contributed by atoms with Crippen LogP contribution < -0.4 is 11.3 Å². The first kappa shape index (κ1) is 14.7. The monoisotopic (exact) mass is 239 g/mol. The molecule has 17 heavy (non-hydrogen) atoms. The Labute approximate surface area is 106 Å². The van der Waals surface area contributed by atoms with Gasteiger partial charge in [0.05, 0.1) is 0 Å². The van der Waals surface area contributed by atoms with Crippen molar-refractivity contribution in [1.82, 2.24) is 10.3 Å². The second-order valence-electron chi connectivity index (χ2n) is 5.64. The van der Waals surface area contributed by atoms with E-state index in [-0.39, 0.29) is 5.54 Å². The van der Waals surface area contributed by atoms with E-state index < -0.39 is 0 Å². The van der Waals surface area contributed by atoms with Crippen molar-refractivity contribution >= 4 is 0 Å². The van der Waals surface area contributed by atoms with E-state index in [2.05, 4.69) is 30.8 Å². The summed E-state index contributed by atoms with van der Waals surface area (Å²) < 4.78 is 0. The van der Waals surface area contributed by atoms with Gasteiger partial charge in [-0.05, 0) is 59.0 Å². The number of nitrogens with two attached hydrogens (primary N) is 1. The second-order valence-corrected chi connectivity index (χ2v) is 5.64. The van der Waals surface area contributed by atoms with Crippen molar-refractivity contribution in [1.29, 1.82) is 0 Å². The zero-order chi connectivity index (χ0) is 12.7. The molecule has 1 aliphatic rings. The maximum atomic E-state index is 5.75. The summed E-state index contributed by atoms with van der Waals surface area (Å²) in [6, 6.07) is 0.362. The van der Waals surface area contributed by atoms with E-state index in [1.165, 1.54) is 32.4 Å². The first-order valence-corrected chi connectivity index (χ1v) is 6.95. The van der Waals surface area contributed by atoms with Gasteiger partial charge in [0.2, 0.25) is 0 Å². The van der Waals surface area contributed by atoms with Crippen molar-refractivity contribution in [3.05, 3.63) is 12.7 Å². The molecule has 1 saturated heterocycles. The van der Waals surface area contributed by atoms with E-state index in [1.54, 1.807) is 0 Å². The highest BCUT2D eigenvalue weighted by Crippen LogP contribution is 2.26. The summed E-state index contributed by atoms with van der Waals surface area (Å²) in [6.45, 7) is 10.8. The predicted octanol–water partition coefficient (Wildman–Crippen LogP) is 2.44. The van der Waals surface area contributed by atoms with E-state index >= 15 is 0 Å². The fourth-order valence-corrected chi connectivity index (χ4v) is 2.80. The van der Waals surface area contributed by atoms with Crippen LogP contribution in [-0.4, -0.2) is 29.6 Å². The van der Waals surface area contributed by atoms with E-state index in [4.69, 9.17) is 5.84 Å². The van der Waals surface area contributed by atoms with Gasteiger partial charge in [-0.25, -0.2) is 0 Å². The molecule has 1 rings (SSSR count). The Morgan fingerprint density at radius 3 is 2.53 bits per heavy atom. The van der Waals surface area contributed by atoms with Crippen LogP contribution in [0.2, 0.25) is 0 Å². The average molecular weight is 239 g/mol.